The van der Waals surface area contributed by atoms with Crippen molar-refractivity contribution in [3.63, 3.8) is 0 Å². The van der Waals surface area contributed by atoms with Gasteiger partial charge in [-0.05, 0) is 30.7 Å². The topological polar surface area (TPSA) is 68.3 Å². The molecule has 0 fully saturated rings. The molecule has 0 bridgehead atoms. The molecule has 0 saturated carbocycles. The highest BCUT2D eigenvalue weighted by Gasteiger charge is 2.13. The summed E-state index contributed by atoms with van der Waals surface area (Å²) in [6, 6.07) is 9.17. The fraction of sp³-hybridized carbons (Fsp3) is 0.267. The van der Waals surface area contributed by atoms with Gasteiger partial charge in [-0.3, -0.25) is 4.79 Å². The first-order valence-corrected chi connectivity index (χ1v) is 6.35. The van der Waals surface area contributed by atoms with Crippen molar-refractivity contribution in [3.8, 4) is 0 Å². The zero-order valence-corrected chi connectivity index (χ0v) is 11.1. The van der Waals surface area contributed by atoms with E-state index in [1.54, 1.807) is 6.07 Å². The predicted molar refractivity (Wildman–Crippen MR) is 75.1 cm³/mol. The molecule has 3 N–H and O–H groups in total. The molecule has 1 aromatic carbocycles. The summed E-state index contributed by atoms with van der Waals surface area (Å²) >= 11 is 0. The number of nitrogens with two attached hydrogens (primary N) is 1. The second-order valence-corrected chi connectivity index (χ2v) is 4.48. The Balaban J connectivity index is 2.17. The van der Waals surface area contributed by atoms with E-state index < -0.39 is 0 Å². The Bertz CT molecular complexity index is 573. The Hall–Kier alpha value is -2.07. The van der Waals surface area contributed by atoms with Crippen molar-refractivity contribution in [2.75, 3.05) is 5.32 Å². The molecule has 19 heavy (non-hydrogen) atoms. The van der Waals surface area contributed by atoms with Crippen LogP contribution in [0.3, 0.4) is 0 Å². The lowest BCUT2D eigenvalue weighted by molar-refractivity contribution is 0.102. The first-order valence-electron chi connectivity index (χ1n) is 6.35. The number of carbonyl (C=O) groups excluding carboxylic acids is 1. The standard InChI is InChI=1S/C15H18N2O2/c1-3-14-13(7-8-19-14)15(18)17-12-6-4-5-11(9-12)10(2)16/h4-10H,3,16H2,1-2H3,(H,17,18). The summed E-state index contributed by atoms with van der Waals surface area (Å²) in [5, 5.41) is 2.86. The summed E-state index contributed by atoms with van der Waals surface area (Å²) < 4.78 is 5.25. The number of hydrogen-bond acceptors (Lipinski definition) is 3. The second-order valence-electron chi connectivity index (χ2n) is 4.48. The molecule has 4 nitrogen and oxygen atoms in total. The van der Waals surface area contributed by atoms with Crippen molar-refractivity contribution in [2.24, 2.45) is 5.73 Å². The lowest BCUT2D eigenvalue weighted by Gasteiger charge is -2.09. The third-order valence-corrected chi connectivity index (χ3v) is 2.98. The molecule has 1 aromatic heterocycles. The largest absolute Gasteiger partial charge is 0.469 e. The zero-order valence-electron chi connectivity index (χ0n) is 11.1. The van der Waals surface area contributed by atoms with Gasteiger partial charge in [0.1, 0.15) is 5.76 Å². The van der Waals surface area contributed by atoms with Gasteiger partial charge in [0.2, 0.25) is 0 Å². The minimum atomic E-state index is -0.160. The number of rotatable bonds is 4. The van der Waals surface area contributed by atoms with Crippen molar-refractivity contribution in [1.29, 1.82) is 0 Å². The van der Waals surface area contributed by atoms with Crippen LogP contribution in [0.15, 0.2) is 41.0 Å². The monoisotopic (exact) mass is 258 g/mol. The molecule has 2 aromatic rings. The Kier molecular flexibility index (Phi) is 4.02. The number of anilines is 1. The molecule has 0 radical (unpaired) electrons. The number of furan rings is 1. The van der Waals surface area contributed by atoms with Crippen molar-refractivity contribution in [1.82, 2.24) is 0 Å². The van der Waals surface area contributed by atoms with Crippen LogP contribution < -0.4 is 11.1 Å². The van der Waals surface area contributed by atoms with E-state index in [0.29, 0.717) is 17.7 Å². The van der Waals surface area contributed by atoms with Crippen LogP contribution in [-0.2, 0) is 6.42 Å². The Morgan fingerprint density at radius 1 is 1.42 bits per heavy atom. The number of hydrogen-bond donors (Lipinski definition) is 2. The maximum absolute atomic E-state index is 12.1. The van der Waals surface area contributed by atoms with Crippen LogP contribution >= 0.6 is 0 Å². The van der Waals surface area contributed by atoms with Crippen LogP contribution in [0.25, 0.3) is 0 Å². The smallest absolute Gasteiger partial charge is 0.259 e. The molecular weight excluding hydrogens is 240 g/mol. The van der Waals surface area contributed by atoms with E-state index in [1.807, 2.05) is 38.1 Å². The fourth-order valence-electron chi connectivity index (χ4n) is 1.91. The van der Waals surface area contributed by atoms with Crippen LogP contribution in [0.4, 0.5) is 5.69 Å². The summed E-state index contributed by atoms with van der Waals surface area (Å²) in [7, 11) is 0. The van der Waals surface area contributed by atoms with Crippen LogP contribution in [0.5, 0.6) is 0 Å². The number of benzene rings is 1. The fourth-order valence-corrected chi connectivity index (χ4v) is 1.91. The maximum Gasteiger partial charge on any atom is 0.259 e. The van der Waals surface area contributed by atoms with Gasteiger partial charge >= 0.3 is 0 Å². The van der Waals surface area contributed by atoms with E-state index in [-0.39, 0.29) is 11.9 Å². The van der Waals surface area contributed by atoms with Crippen molar-refractivity contribution in [2.45, 2.75) is 26.3 Å². The number of carbonyl (C=O) groups is 1. The van der Waals surface area contributed by atoms with Gasteiger partial charge in [-0.1, -0.05) is 19.1 Å². The SMILES string of the molecule is CCc1occc1C(=O)Nc1cccc(C(C)N)c1. The normalized spacial score (nSPS) is 12.2. The van der Waals surface area contributed by atoms with Gasteiger partial charge in [0.25, 0.3) is 5.91 Å². The van der Waals surface area contributed by atoms with Gasteiger partial charge in [-0.25, -0.2) is 0 Å². The van der Waals surface area contributed by atoms with E-state index in [1.165, 1.54) is 6.26 Å². The zero-order chi connectivity index (χ0) is 13.8. The minimum Gasteiger partial charge on any atom is -0.469 e. The van der Waals surface area contributed by atoms with Crippen molar-refractivity contribution >= 4 is 11.6 Å². The van der Waals surface area contributed by atoms with Gasteiger partial charge in [0, 0.05) is 18.2 Å². The Morgan fingerprint density at radius 3 is 2.89 bits per heavy atom. The van der Waals surface area contributed by atoms with E-state index in [0.717, 1.165) is 11.3 Å². The third-order valence-electron chi connectivity index (χ3n) is 2.98. The van der Waals surface area contributed by atoms with Crippen molar-refractivity contribution < 1.29 is 9.21 Å². The van der Waals surface area contributed by atoms with E-state index in [2.05, 4.69) is 5.32 Å². The average molecular weight is 258 g/mol. The lowest BCUT2D eigenvalue weighted by atomic mass is 10.1. The summed E-state index contributed by atoms with van der Waals surface area (Å²) in [6.45, 7) is 3.86. The van der Waals surface area contributed by atoms with Crippen LogP contribution in [0.2, 0.25) is 0 Å². The quantitative estimate of drug-likeness (QED) is 0.885. The van der Waals surface area contributed by atoms with Crippen LogP contribution in [0.1, 0.15) is 41.6 Å². The second kappa shape index (κ2) is 5.71. The summed E-state index contributed by atoms with van der Waals surface area (Å²) in [5.41, 5.74) is 8.13. The van der Waals surface area contributed by atoms with Gasteiger partial charge in [0.05, 0.1) is 11.8 Å². The van der Waals surface area contributed by atoms with Gasteiger partial charge < -0.3 is 15.5 Å². The Morgan fingerprint density at radius 2 is 2.21 bits per heavy atom. The minimum absolute atomic E-state index is 0.0584. The van der Waals surface area contributed by atoms with Gasteiger partial charge in [0.15, 0.2) is 0 Å². The first kappa shape index (κ1) is 13.4. The number of nitrogens with one attached hydrogen (secondary N) is 1. The molecule has 0 aliphatic heterocycles. The van der Waals surface area contributed by atoms with E-state index in [4.69, 9.17) is 10.2 Å². The van der Waals surface area contributed by atoms with Gasteiger partial charge in [-0.2, -0.15) is 0 Å². The summed E-state index contributed by atoms with van der Waals surface area (Å²) in [4.78, 5) is 12.1. The summed E-state index contributed by atoms with van der Waals surface area (Å²) in [6.07, 6.45) is 2.22. The molecule has 0 aliphatic rings. The molecule has 1 atom stereocenters. The van der Waals surface area contributed by atoms with E-state index in [9.17, 15) is 4.79 Å². The molecule has 1 amide bonds. The predicted octanol–water partition coefficient (Wildman–Crippen LogP) is 3.11. The Labute approximate surface area is 112 Å². The van der Waals surface area contributed by atoms with Gasteiger partial charge in [-0.15, -0.1) is 0 Å². The molecule has 1 unspecified atom stereocenters. The third kappa shape index (κ3) is 3.03. The average Bonchev–Trinajstić information content (AvgIpc) is 2.87. The highest BCUT2D eigenvalue weighted by Crippen LogP contribution is 2.18. The van der Waals surface area contributed by atoms with Crippen LogP contribution in [0, 0.1) is 0 Å². The molecule has 0 aliphatic carbocycles. The molecule has 4 heteroatoms. The van der Waals surface area contributed by atoms with Crippen LogP contribution in [-0.4, -0.2) is 5.91 Å². The molecule has 0 saturated heterocycles. The highest BCUT2D eigenvalue weighted by molar-refractivity contribution is 6.05. The summed E-state index contributed by atoms with van der Waals surface area (Å²) in [5.74, 6) is 0.535. The lowest BCUT2D eigenvalue weighted by Crippen LogP contribution is -2.13. The molecule has 0 spiro atoms. The molecular formula is C15H18N2O2. The van der Waals surface area contributed by atoms with Crippen molar-refractivity contribution in [3.05, 3.63) is 53.5 Å². The number of aryl methyl sites for hydroxylation is 1. The first-order chi connectivity index (χ1) is 9.11. The molecule has 100 valence electrons. The maximum atomic E-state index is 12.1. The van der Waals surface area contributed by atoms with E-state index >= 15 is 0 Å². The molecule has 1 heterocycles. The highest BCUT2D eigenvalue weighted by atomic mass is 16.3. The molecule has 2 rings (SSSR count). The number of amides is 1.